The van der Waals surface area contributed by atoms with Gasteiger partial charge in [-0.25, -0.2) is 0 Å². The van der Waals surface area contributed by atoms with Gasteiger partial charge in [-0.15, -0.1) is 0 Å². The fraction of sp³-hybridized carbons (Fsp3) is 0.222. The number of hydrogen-bond donors (Lipinski definition) is 0. The molecule has 0 heterocycles. The summed E-state index contributed by atoms with van der Waals surface area (Å²) < 4.78 is 11.1. The molecule has 0 N–H and O–H groups in total. The second-order valence-electron chi connectivity index (χ2n) is 4.52. The molecule has 0 radical (unpaired) electrons. The summed E-state index contributed by atoms with van der Waals surface area (Å²) in [6, 6.07) is 16.2. The zero-order valence-electron chi connectivity index (χ0n) is 11.8. The van der Waals surface area contributed by atoms with E-state index >= 15 is 0 Å². The Kier molecular flexibility index (Phi) is 5.39. The molecular formula is C18H20O2. The normalized spacial score (nSPS) is 10.2. The van der Waals surface area contributed by atoms with Crippen LogP contribution in [0.1, 0.15) is 23.6 Å². The molecule has 2 aromatic carbocycles. The lowest BCUT2D eigenvalue weighted by Crippen LogP contribution is -1.96. The third kappa shape index (κ3) is 4.25. The monoisotopic (exact) mass is 268 g/mol. The van der Waals surface area contributed by atoms with Gasteiger partial charge in [0.1, 0.15) is 12.4 Å². The van der Waals surface area contributed by atoms with Gasteiger partial charge in [0.05, 0.1) is 6.61 Å². The molecule has 0 aromatic heterocycles. The van der Waals surface area contributed by atoms with E-state index in [9.17, 15) is 0 Å². The summed E-state index contributed by atoms with van der Waals surface area (Å²) in [5.41, 5.74) is 3.41. The topological polar surface area (TPSA) is 18.5 Å². The number of benzene rings is 2. The first-order valence-corrected chi connectivity index (χ1v) is 6.82. The molecular weight excluding hydrogens is 248 g/mol. The molecule has 2 rings (SSSR count). The molecule has 2 aromatic rings. The molecule has 0 saturated carbocycles. The summed E-state index contributed by atoms with van der Waals surface area (Å²) in [6.45, 7) is 7.71. The summed E-state index contributed by atoms with van der Waals surface area (Å²) in [5, 5.41) is 0. The van der Waals surface area contributed by atoms with Gasteiger partial charge < -0.3 is 9.47 Å². The van der Waals surface area contributed by atoms with Crippen molar-refractivity contribution in [2.45, 2.75) is 20.1 Å². The Morgan fingerprint density at radius 3 is 2.50 bits per heavy atom. The molecule has 0 aliphatic heterocycles. The van der Waals surface area contributed by atoms with Crippen LogP contribution in [0.25, 0.3) is 6.08 Å². The predicted octanol–water partition coefficient (Wildman–Crippen LogP) is 4.45. The summed E-state index contributed by atoms with van der Waals surface area (Å²) >= 11 is 0. The van der Waals surface area contributed by atoms with Crippen LogP contribution >= 0.6 is 0 Å². The molecule has 0 fully saturated rings. The van der Waals surface area contributed by atoms with Gasteiger partial charge in [-0.1, -0.05) is 43.0 Å². The maximum absolute atomic E-state index is 5.78. The van der Waals surface area contributed by atoms with Crippen LogP contribution in [-0.4, -0.2) is 6.61 Å². The van der Waals surface area contributed by atoms with Crippen LogP contribution in [0.5, 0.6) is 5.75 Å². The summed E-state index contributed by atoms with van der Waals surface area (Å²) in [5.74, 6) is 0.870. The van der Waals surface area contributed by atoms with Crippen molar-refractivity contribution in [1.82, 2.24) is 0 Å². The molecule has 20 heavy (non-hydrogen) atoms. The smallest absolute Gasteiger partial charge is 0.119 e. The van der Waals surface area contributed by atoms with Crippen molar-refractivity contribution in [3.8, 4) is 5.75 Å². The molecule has 0 unspecified atom stereocenters. The Morgan fingerprint density at radius 2 is 1.80 bits per heavy atom. The molecule has 104 valence electrons. The van der Waals surface area contributed by atoms with E-state index in [1.165, 1.54) is 0 Å². The van der Waals surface area contributed by atoms with E-state index in [0.717, 1.165) is 29.0 Å². The average molecular weight is 268 g/mol. The minimum atomic E-state index is 0.562. The van der Waals surface area contributed by atoms with Gasteiger partial charge >= 0.3 is 0 Å². The van der Waals surface area contributed by atoms with E-state index < -0.39 is 0 Å². The zero-order chi connectivity index (χ0) is 14.2. The van der Waals surface area contributed by atoms with Crippen molar-refractivity contribution >= 4 is 6.08 Å². The first-order chi connectivity index (χ1) is 9.81. The molecule has 2 nitrogen and oxygen atoms in total. The van der Waals surface area contributed by atoms with Gasteiger partial charge in [0.15, 0.2) is 0 Å². The second kappa shape index (κ2) is 7.51. The van der Waals surface area contributed by atoms with Crippen LogP contribution in [0, 0.1) is 0 Å². The van der Waals surface area contributed by atoms with Crippen LogP contribution in [0.15, 0.2) is 55.1 Å². The van der Waals surface area contributed by atoms with Crippen LogP contribution in [-0.2, 0) is 18.0 Å². The number of rotatable bonds is 7. The lowest BCUT2D eigenvalue weighted by atomic mass is 10.1. The van der Waals surface area contributed by atoms with Crippen molar-refractivity contribution in [3.05, 3.63) is 71.8 Å². The van der Waals surface area contributed by atoms with Gasteiger partial charge in [-0.3, -0.25) is 0 Å². The molecule has 0 saturated heterocycles. The maximum Gasteiger partial charge on any atom is 0.119 e. The van der Waals surface area contributed by atoms with E-state index in [1.807, 2.05) is 49.4 Å². The highest BCUT2D eigenvalue weighted by Crippen LogP contribution is 2.15. The minimum Gasteiger partial charge on any atom is -0.489 e. The summed E-state index contributed by atoms with van der Waals surface area (Å²) in [7, 11) is 0. The lowest BCUT2D eigenvalue weighted by molar-refractivity contribution is 0.134. The van der Waals surface area contributed by atoms with Crippen LogP contribution in [0.2, 0.25) is 0 Å². The van der Waals surface area contributed by atoms with Gasteiger partial charge in [0.25, 0.3) is 0 Å². The highest BCUT2D eigenvalue weighted by molar-refractivity contribution is 5.47. The molecule has 0 aliphatic rings. The Hall–Kier alpha value is -2.06. The van der Waals surface area contributed by atoms with E-state index in [1.54, 1.807) is 0 Å². The fourth-order valence-electron chi connectivity index (χ4n) is 1.88. The zero-order valence-corrected chi connectivity index (χ0v) is 11.8. The van der Waals surface area contributed by atoms with E-state index in [-0.39, 0.29) is 0 Å². The van der Waals surface area contributed by atoms with E-state index in [4.69, 9.17) is 9.47 Å². The Labute approximate surface area is 120 Å². The standard InChI is InChI=1S/C18H20O2/c1-3-15-6-5-7-17(12-15)14-20-18-10-8-16(9-11-18)13-19-4-2/h3,5-12H,1,4,13-14H2,2H3. The fourth-order valence-corrected chi connectivity index (χ4v) is 1.88. The molecule has 0 amide bonds. The number of ether oxygens (including phenoxy) is 2. The molecule has 0 bridgehead atoms. The predicted molar refractivity (Wildman–Crippen MR) is 82.6 cm³/mol. The third-order valence-corrected chi connectivity index (χ3v) is 2.99. The Bertz CT molecular complexity index is 544. The third-order valence-electron chi connectivity index (χ3n) is 2.99. The highest BCUT2D eigenvalue weighted by Gasteiger charge is 1.98. The Balaban J connectivity index is 1.91. The van der Waals surface area contributed by atoms with E-state index in [2.05, 4.69) is 18.7 Å². The van der Waals surface area contributed by atoms with Crippen molar-refractivity contribution in [2.24, 2.45) is 0 Å². The van der Waals surface area contributed by atoms with Gasteiger partial charge in [-0.05, 0) is 41.8 Å². The first kappa shape index (κ1) is 14.4. The minimum absolute atomic E-state index is 0.562. The quantitative estimate of drug-likeness (QED) is 0.739. The van der Waals surface area contributed by atoms with Crippen molar-refractivity contribution < 1.29 is 9.47 Å². The number of hydrogen-bond acceptors (Lipinski definition) is 2. The molecule has 0 spiro atoms. The van der Waals surface area contributed by atoms with Crippen LogP contribution in [0.4, 0.5) is 0 Å². The van der Waals surface area contributed by atoms with Crippen molar-refractivity contribution in [1.29, 1.82) is 0 Å². The van der Waals surface area contributed by atoms with Crippen molar-refractivity contribution in [3.63, 3.8) is 0 Å². The van der Waals surface area contributed by atoms with Crippen molar-refractivity contribution in [2.75, 3.05) is 6.61 Å². The highest BCUT2D eigenvalue weighted by atomic mass is 16.5. The SMILES string of the molecule is C=Cc1cccc(COc2ccc(COCC)cc2)c1. The summed E-state index contributed by atoms with van der Waals surface area (Å²) in [6.07, 6.45) is 1.84. The van der Waals surface area contributed by atoms with Gasteiger partial charge in [-0.2, -0.15) is 0 Å². The van der Waals surface area contributed by atoms with Crippen LogP contribution in [0.3, 0.4) is 0 Å². The largest absolute Gasteiger partial charge is 0.489 e. The second-order valence-corrected chi connectivity index (χ2v) is 4.52. The lowest BCUT2D eigenvalue weighted by Gasteiger charge is -2.08. The Morgan fingerprint density at radius 1 is 1.00 bits per heavy atom. The van der Waals surface area contributed by atoms with Gasteiger partial charge in [0, 0.05) is 6.61 Å². The first-order valence-electron chi connectivity index (χ1n) is 6.82. The van der Waals surface area contributed by atoms with E-state index in [0.29, 0.717) is 13.2 Å². The molecule has 0 atom stereocenters. The average Bonchev–Trinajstić information content (AvgIpc) is 2.52. The molecule has 2 heteroatoms. The van der Waals surface area contributed by atoms with Crippen LogP contribution < -0.4 is 4.74 Å². The summed E-state index contributed by atoms with van der Waals surface area (Å²) in [4.78, 5) is 0. The molecule has 0 aliphatic carbocycles. The van der Waals surface area contributed by atoms with Gasteiger partial charge in [0.2, 0.25) is 0 Å². The maximum atomic E-state index is 5.78.